The van der Waals surface area contributed by atoms with Crippen LogP contribution in [0.15, 0.2) is 66.7 Å². The first-order valence-electron chi connectivity index (χ1n) is 15.2. The summed E-state index contributed by atoms with van der Waals surface area (Å²) < 4.78 is 14.4. The van der Waals surface area contributed by atoms with Gasteiger partial charge < -0.3 is 19.6 Å². The number of hydrogen-bond donors (Lipinski definition) is 2. The molecule has 0 radical (unpaired) electrons. The van der Waals surface area contributed by atoms with Crippen molar-refractivity contribution in [1.29, 1.82) is 0 Å². The number of piperidine rings is 1. The van der Waals surface area contributed by atoms with E-state index in [1.165, 1.54) is 52.7 Å². The molecule has 2 aliphatic heterocycles. The maximum absolute atomic E-state index is 11.1. The van der Waals surface area contributed by atoms with Gasteiger partial charge in [-0.05, 0) is 79.8 Å². The summed E-state index contributed by atoms with van der Waals surface area (Å²) >= 11 is 0. The number of aromatic hydroxyl groups is 1. The number of aryl methyl sites for hydroxylation is 1. The van der Waals surface area contributed by atoms with Gasteiger partial charge in [0.15, 0.2) is 17.6 Å². The predicted octanol–water partition coefficient (Wildman–Crippen LogP) is 6.23. The maximum atomic E-state index is 11.1. The van der Waals surface area contributed by atoms with Crippen LogP contribution >= 0.6 is 0 Å². The molecular weight excluding hydrogens is 496 g/mol. The molecule has 1 spiro atoms. The van der Waals surface area contributed by atoms with Gasteiger partial charge in [-0.15, -0.1) is 0 Å². The number of hydrogen-bond acceptors (Lipinski definition) is 4. The molecule has 0 unspecified atom stereocenters. The van der Waals surface area contributed by atoms with Crippen molar-refractivity contribution in [3.8, 4) is 11.5 Å². The Kier molecular flexibility index (Phi) is 4.90. The molecule has 5 aliphatic rings. The number of nitrogens with zero attached hydrogens (tertiary/aromatic N) is 1. The lowest BCUT2D eigenvalue weighted by Crippen LogP contribution is -2.75. The molecule has 3 heterocycles. The van der Waals surface area contributed by atoms with Crippen LogP contribution in [0.25, 0.3) is 10.9 Å². The van der Waals surface area contributed by atoms with E-state index in [9.17, 15) is 5.11 Å². The Balaban J connectivity index is 1.21. The zero-order valence-electron chi connectivity index (χ0n) is 22.9. The van der Waals surface area contributed by atoms with E-state index in [-0.39, 0.29) is 23.3 Å². The van der Waals surface area contributed by atoms with E-state index in [2.05, 4.69) is 70.5 Å². The zero-order chi connectivity index (χ0) is 26.5. The van der Waals surface area contributed by atoms with E-state index in [4.69, 9.17) is 9.47 Å². The summed E-state index contributed by atoms with van der Waals surface area (Å²) in [4.78, 5) is 6.57. The third-order valence-corrected chi connectivity index (χ3v) is 10.8. The van der Waals surface area contributed by atoms with Crippen LogP contribution in [0.3, 0.4) is 0 Å². The Labute approximate surface area is 235 Å². The van der Waals surface area contributed by atoms with Crippen molar-refractivity contribution in [2.75, 3.05) is 19.7 Å². The van der Waals surface area contributed by atoms with Crippen molar-refractivity contribution < 1.29 is 14.6 Å². The lowest BCUT2D eigenvalue weighted by Gasteiger charge is -2.64. The molecule has 3 aromatic carbocycles. The van der Waals surface area contributed by atoms with Crippen LogP contribution < -0.4 is 4.74 Å². The van der Waals surface area contributed by atoms with Gasteiger partial charge in [0.1, 0.15) is 5.60 Å². The van der Waals surface area contributed by atoms with Crippen LogP contribution in [0.1, 0.15) is 59.7 Å². The largest absolute Gasteiger partial charge is 0.504 e. The Bertz CT molecular complexity index is 1620. The van der Waals surface area contributed by atoms with Crippen LogP contribution in [-0.4, -0.2) is 46.3 Å². The quantitative estimate of drug-likeness (QED) is 0.277. The molecule has 5 heteroatoms. The van der Waals surface area contributed by atoms with Gasteiger partial charge in [0.2, 0.25) is 0 Å². The molecule has 1 aromatic heterocycles. The van der Waals surface area contributed by atoms with Crippen molar-refractivity contribution in [1.82, 2.24) is 9.88 Å². The van der Waals surface area contributed by atoms with Gasteiger partial charge in [0.05, 0.1) is 11.1 Å². The normalized spacial score (nSPS) is 29.7. The van der Waals surface area contributed by atoms with Crippen molar-refractivity contribution in [2.24, 2.45) is 5.92 Å². The summed E-state index contributed by atoms with van der Waals surface area (Å²) in [5.74, 6) is 1.78. The summed E-state index contributed by atoms with van der Waals surface area (Å²) in [5, 5.41) is 12.4. The van der Waals surface area contributed by atoms with Gasteiger partial charge in [0, 0.05) is 42.1 Å². The van der Waals surface area contributed by atoms with Crippen LogP contribution in [0.4, 0.5) is 0 Å². The van der Waals surface area contributed by atoms with Crippen molar-refractivity contribution >= 4 is 10.9 Å². The van der Waals surface area contributed by atoms with Crippen LogP contribution in [0, 0.1) is 5.92 Å². The van der Waals surface area contributed by atoms with Gasteiger partial charge in [-0.3, -0.25) is 4.90 Å². The highest BCUT2D eigenvalue weighted by molar-refractivity contribution is 5.86. The number of para-hydroxylation sites is 1. The van der Waals surface area contributed by atoms with Gasteiger partial charge in [-0.1, -0.05) is 54.6 Å². The summed E-state index contributed by atoms with van der Waals surface area (Å²) in [6.07, 6.45) is 7.33. The second kappa shape index (κ2) is 8.37. The third kappa shape index (κ3) is 3.05. The minimum absolute atomic E-state index is 0.189. The number of likely N-dealkylation sites (tertiary alicyclic amines) is 1. The van der Waals surface area contributed by atoms with Gasteiger partial charge in [0.25, 0.3) is 0 Å². The maximum Gasteiger partial charge on any atom is 0.166 e. The van der Waals surface area contributed by atoms with Gasteiger partial charge in [-0.25, -0.2) is 0 Å². The number of aromatic nitrogens is 1. The van der Waals surface area contributed by atoms with E-state index >= 15 is 0 Å². The van der Waals surface area contributed by atoms with E-state index in [1.807, 2.05) is 6.07 Å². The minimum atomic E-state index is -0.411. The number of phenolic OH excluding ortho intramolecular Hbond substituents is 1. The van der Waals surface area contributed by atoms with E-state index in [0.717, 1.165) is 56.7 Å². The molecule has 2 N–H and O–H groups in total. The SMILES string of the molecule is Oc1ccc2c3c1O[C@H]1c4[nH]c5ccccc5c4C[C@@]4(OCCCc5ccccc5)[C@@H](C2)N(CC2CC2)CC[C@]314. The molecule has 204 valence electrons. The highest BCUT2D eigenvalue weighted by Gasteiger charge is 2.74. The Morgan fingerprint density at radius 2 is 1.88 bits per heavy atom. The molecule has 1 saturated carbocycles. The predicted molar refractivity (Wildman–Crippen MR) is 155 cm³/mol. The summed E-state index contributed by atoms with van der Waals surface area (Å²) in [7, 11) is 0. The lowest BCUT2D eigenvalue weighted by atomic mass is 9.48. The highest BCUT2D eigenvalue weighted by Crippen LogP contribution is 2.70. The number of fused-ring (bicyclic) bond motifs is 4. The molecule has 40 heavy (non-hydrogen) atoms. The number of H-pyrrole nitrogens is 1. The van der Waals surface area contributed by atoms with E-state index < -0.39 is 5.60 Å². The average Bonchev–Trinajstić information content (AvgIpc) is 3.62. The Hall–Kier alpha value is -3.28. The summed E-state index contributed by atoms with van der Waals surface area (Å²) in [5.41, 5.74) is 6.89. The zero-order valence-corrected chi connectivity index (χ0v) is 22.9. The number of ether oxygens (including phenoxy) is 2. The fourth-order valence-corrected chi connectivity index (χ4v) is 8.99. The fourth-order valence-electron chi connectivity index (χ4n) is 8.99. The number of phenols is 1. The molecule has 5 nitrogen and oxygen atoms in total. The molecule has 2 fully saturated rings. The molecule has 9 rings (SSSR count). The first-order valence-corrected chi connectivity index (χ1v) is 15.2. The topological polar surface area (TPSA) is 57.7 Å². The molecule has 1 saturated heterocycles. The molecule has 4 aromatic rings. The first kappa shape index (κ1) is 23.4. The van der Waals surface area contributed by atoms with Gasteiger partial charge in [-0.2, -0.15) is 0 Å². The Morgan fingerprint density at radius 1 is 1.02 bits per heavy atom. The van der Waals surface area contributed by atoms with Crippen LogP contribution in [-0.2, 0) is 29.4 Å². The Morgan fingerprint density at radius 3 is 2.75 bits per heavy atom. The number of rotatable bonds is 7. The van der Waals surface area contributed by atoms with Crippen molar-refractivity contribution in [3.05, 3.63) is 94.7 Å². The second-order valence-electron chi connectivity index (χ2n) is 12.9. The summed E-state index contributed by atoms with van der Waals surface area (Å²) in [6, 6.07) is 23.7. The van der Waals surface area contributed by atoms with Crippen molar-refractivity contribution in [2.45, 2.75) is 68.1 Å². The second-order valence-corrected chi connectivity index (χ2v) is 12.9. The smallest absolute Gasteiger partial charge is 0.166 e. The van der Waals surface area contributed by atoms with Crippen LogP contribution in [0.5, 0.6) is 11.5 Å². The molecular formula is C35H36N2O3. The number of nitrogens with one attached hydrogen (secondary N) is 1. The van der Waals surface area contributed by atoms with Gasteiger partial charge >= 0.3 is 0 Å². The minimum Gasteiger partial charge on any atom is -0.504 e. The standard InChI is InChI=1S/C35H36N2O3/c38-28-15-14-24-19-29-35(39-18-6-9-22-7-2-1-3-8-22)20-26-25-10-4-5-11-27(25)36-31(26)33-34(35,30(24)32(28)40-33)16-17-37(29)21-23-12-13-23/h1-5,7-8,10-11,14-15,23,29,33,36,38H,6,9,12-13,16-21H2/t29-,33+,34+,35-/m1/s1. The molecule has 3 aliphatic carbocycles. The number of benzene rings is 3. The fraction of sp³-hybridized carbons (Fsp3) is 0.429. The lowest BCUT2D eigenvalue weighted by molar-refractivity contribution is -0.205. The first-order chi connectivity index (χ1) is 19.7. The summed E-state index contributed by atoms with van der Waals surface area (Å²) in [6.45, 7) is 2.95. The number of aromatic amines is 1. The molecule has 0 amide bonds. The van der Waals surface area contributed by atoms with E-state index in [1.54, 1.807) is 0 Å². The highest BCUT2D eigenvalue weighted by atomic mass is 16.5. The molecule has 2 bridgehead atoms. The monoisotopic (exact) mass is 532 g/mol. The molecule has 4 atom stereocenters. The third-order valence-electron chi connectivity index (χ3n) is 10.8. The van der Waals surface area contributed by atoms with Crippen LogP contribution in [0.2, 0.25) is 0 Å². The van der Waals surface area contributed by atoms with Crippen molar-refractivity contribution in [3.63, 3.8) is 0 Å². The van der Waals surface area contributed by atoms with E-state index in [0.29, 0.717) is 5.75 Å². The average molecular weight is 533 g/mol.